The predicted molar refractivity (Wildman–Crippen MR) is 70.1 cm³/mol. The molecule has 0 amide bonds. The molecule has 0 saturated carbocycles. The molecule has 1 unspecified atom stereocenters. The van der Waals surface area contributed by atoms with Crippen LogP contribution in [-0.2, 0) is 10.3 Å². The van der Waals surface area contributed by atoms with Crippen LogP contribution >= 0.6 is 0 Å². The maximum atomic E-state index is 11.2. The summed E-state index contributed by atoms with van der Waals surface area (Å²) in [5, 5.41) is 20.7. The first-order valence-electron chi connectivity index (χ1n) is 5.95. The molecule has 0 aliphatic carbocycles. The number of ether oxygens (including phenoxy) is 1. The maximum Gasteiger partial charge on any atom is 0.358 e. The quantitative estimate of drug-likeness (QED) is 0.792. The Morgan fingerprint density at radius 2 is 2.25 bits per heavy atom. The molecule has 7 heteroatoms. The van der Waals surface area contributed by atoms with E-state index in [1.54, 1.807) is 25.1 Å². The van der Waals surface area contributed by atoms with E-state index in [0.717, 1.165) is 0 Å². The number of methoxy groups -OCH3 is 1. The molecule has 2 N–H and O–H groups in total. The van der Waals surface area contributed by atoms with Crippen LogP contribution in [0.4, 0.5) is 5.82 Å². The molecule has 0 spiro atoms. The lowest BCUT2D eigenvalue weighted by Gasteiger charge is -2.21. The normalized spacial score (nSPS) is 13.6. The standard InChI is InChI=1S/C13H15N3O4/c1-13(18,10-4-3-7-20-10)8-14-11-6-5-9(15-16-11)12(17)19-2/h3-7,18H,8H2,1-2H3,(H,14,16). The molecule has 2 aromatic heterocycles. The number of aromatic nitrogens is 2. The largest absolute Gasteiger partial charge is 0.466 e. The van der Waals surface area contributed by atoms with Gasteiger partial charge in [-0.25, -0.2) is 4.79 Å². The van der Waals surface area contributed by atoms with Crippen LogP contribution in [0.2, 0.25) is 0 Å². The number of carbonyl (C=O) groups is 1. The average molecular weight is 277 g/mol. The van der Waals surface area contributed by atoms with E-state index in [9.17, 15) is 9.90 Å². The summed E-state index contributed by atoms with van der Waals surface area (Å²) < 4.78 is 9.69. The van der Waals surface area contributed by atoms with Gasteiger partial charge in [-0.1, -0.05) is 0 Å². The minimum Gasteiger partial charge on any atom is -0.466 e. The van der Waals surface area contributed by atoms with Gasteiger partial charge in [0.1, 0.15) is 17.2 Å². The van der Waals surface area contributed by atoms with Crippen molar-refractivity contribution in [2.45, 2.75) is 12.5 Å². The first kappa shape index (κ1) is 14.0. The topological polar surface area (TPSA) is 97.5 Å². The molecule has 0 aliphatic rings. The van der Waals surface area contributed by atoms with E-state index in [1.807, 2.05) is 0 Å². The van der Waals surface area contributed by atoms with E-state index in [1.165, 1.54) is 19.4 Å². The van der Waals surface area contributed by atoms with Gasteiger partial charge in [0, 0.05) is 0 Å². The molecule has 0 fully saturated rings. The maximum absolute atomic E-state index is 11.2. The first-order chi connectivity index (χ1) is 9.53. The van der Waals surface area contributed by atoms with Crippen LogP contribution in [0.15, 0.2) is 34.9 Å². The van der Waals surface area contributed by atoms with E-state index in [-0.39, 0.29) is 12.2 Å². The molecular weight excluding hydrogens is 262 g/mol. The van der Waals surface area contributed by atoms with Crippen molar-refractivity contribution in [2.75, 3.05) is 19.0 Å². The van der Waals surface area contributed by atoms with Gasteiger partial charge < -0.3 is 19.6 Å². The summed E-state index contributed by atoms with van der Waals surface area (Å²) in [5.74, 6) is 0.334. The molecule has 2 rings (SSSR count). The van der Waals surface area contributed by atoms with Gasteiger partial charge in [0.2, 0.25) is 0 Å². The van der Waals surface area contributed by atoms with Gasteiger partial charge in [-0.15, -0.1) is 10.2 Å². The number of anilines is 1. The third kappa shape index (κ3) is 3.12. The van der Waals surface area contributed by atoms with Gasteiger partial charge in [0.25, 0.3) is 0 Å². The molecule has 0 aromatic carbocycles. The smallest absolute Gasteiger partial charge is 0.358 e. The van der Waals surface area contributed by atoms with Crippen molar-refractivity contribution in [2.24, 2.45) is 0 Å². The number of nitrogens with one attached hydrogen (secondary N) is 1. The number of nitrogens with zero attached hydrogens (tertiary/aromatic N) is 2. The van der Waals surface area contributed by atoms with Crippen LogP contribution in [0.3, 0.4) is 0 Å². The fourth-order valence-electron chi connectivity index (χ4n) is 1.57. The second kappa shape index (κ2) is 5.70. The SMILES string of the molecule is COC(=O)c1ccc(NCC(C)(O)c2ccco2)nn1. The number of rotatable bonds is 5. The zero-order valence-corrected chi connectivity index (χ0v) is 11.2. The molecule has 20 heavy (non-hydrogen) atoms. The van der Waals surface area contributed by atoms with Crippen LogP contribution in [0.5, 0.6) is 0 Å². The fourth-order valence-corrected chi connectivity index (χ4v) is 1.57. The van der Waals surface area contributed by atoms with E-state index < -0.39 is 11.6 Å². The van der Waals surface area contributed by atoms with E-state index in [2.05, 4.69) is 20.3 Å². The highest BCUT2D eigenvalue weighted by atomic mass is 16.5. The highest BCUT2D eigenvalue weighted by Crippen LogP contribution is 2.21. The van der Waals surface area contributed by atoms with Crippen molar-refractivity contribution < 1.29 is 19.1 Å². The Labute approximate surface area is 115 Å². The van der Waals surface area contributed by atoms with E-state index in [0.29, 0.717) is 11.6 Å². The summed E-state index contributed by atoms with van der Waals surface area (Å²) in [4.78, 5) is 11.2. The average Bonchev–Trinajstić information content (AvgIpc) is 3.00. The number of hydrogen-bond donors (Lipinski definition) is 2. The Hall–Kier alpha value is -2.41. The van der Waals surface area contributed by atoms with Gasteiger partial charge >= 0.3 is 5.97 Å². The third-order valence-corrected chi connectivity index (χ3v) is 2.72. The van der Waals surface area contributed by atoms with Crippen molar-refractivity contribution in [3.8, 4) is 0 Å². The molecule has 0 bridgehead atoms. The van der Waals surface area contributed by atoms with Crippen LogP contribution < -0.4 is 5.32 Å². The van der Waals surface area contributed by atoms with Gasteiger partial charge in [0.15, 0.2) is 5.69 Å². The number of carbonyl (C=O) groups excluding carboxylic acids is 1. The van der Waals surface area contributed by atoms with E-state index in [4.69, 9.17) is 4.42 Å². The molecule has 0 radical (unpaired) electrons. The Morgan fingerprint density at radius 3 is 2.80 bits per heavy atom. The summed E-state index contributed by atoms with van der Waals surface area (Å²) >= 11 is 0. The second-order valence-corrected chi connectivity index (χ2v) is 4.40. The third-order valence-electron chi connectivity index (χ3n) is 2.72. The molecule has 2 aromatic rings. The monoisotopic (exact) mass is 277 g/mol. The Bertz CT molecular complexity index is 564. The summed E-state index contributed by atoms with van der Waals surface area (Å²) in [5.41, 5.74) is -1.05. The van der Waals surface area contributed by atoms with Gasteiger partial charge in [-0.3, -0.25) is 0 Å². The van der Waals surface area contributed by atoms with Crippen molar-refractivity contribution in [3.63, 3.8) is 0 Å². The summed E-state index contributed by atoms with van der Waals surface area (Å²) in [6.07, 6.45) is 1.49. The van der Waals surface area contributed by atoms with Crippen LogP contribution in [0, 0.1) is 0 Å². The Balaban J connectivity index is 1.99. The number of aliphatic hydroxyl groups is 1. The second-order valence-electron chi connectivity index (χ2n) is 4.40. The van der Waals surface area contributed by atoms with Crippen LogP contribution in [-0.4, -0.2) is 34.9 Å². The van der Waals surface area contributed by atoms with E-state index >= 15 is 0 Å². The number of esters is 1. The number of hydrogen-bond acceptors (Lipinski definition) is 7. The van der Waals surface area contributed by atoms with Gasteiger partial charge in [-0.2, -0.15) is 0 Å². The molecule has 7 nitrogen and oxygen atoms in total. The molecule has 106 valence electrons. The Kier molecular flexibility index (Phi) is 3.99. The number of furan rings is 1. The minimum absolute atomic E-state index is 0.121. The van der Waals surface area contributed by atoms with Crippen molar-refractivity contribution in [1.29, 1.82) is 0 Å². The highest BCUT2D eigenvalue weighted by molar-refractivity contribution is 5.86. The van der Waals surface area contributed by atoms with Crippen molar-refractivity contribution in [3.05, 3.63) is 42.0 Å². The van der Waals surface area contributed by atoms with Gasteiger partial charge in [-0.05, 0) is 31.2 Å². The zero-order valence-electron chi connectivity index (χ0n) is 11.2. The Morgan fingerprint density at radius 1 is 1.45 bits per heavy atom. The lowest BCUT2D eigenvalue weighted by atomic mass is 10.0. The first-order valence-corrected chi connectivity index (χ1v) is 5.95. The molecule has 0 saturated heterocycles. The zero-order chi connectivity index (χ0) is 14.6. The van der Waals surface area contributed by atoms with Crippen molar-refractivity contribution in [1.82, 2.24) is 10.2 Å². The van der Waals surface area contributed by atoms with Gasteiger partial charge in [0.05, 0.1) is 19.9 Å². The van der Waals surface area contributed by atoms with Crippen LogP contribution in [0.1, 0.15) is 23.2 Å². The highest BCUT2D eigenvalue weighted by Gasteiger charge is 2.26. The molecular formula is C13H15N3O4. The minimum atomic E-state index is -1.17. The molecule has 0 aliphatic heterocycles. The lowest BCUT2D eigenvalue weighted by Crippen LogP contribution is -2.30. The summed E-state index contributed by atoms with van der Waals surface area (Å²) in [7, 11) is 1.27. The molecule has 2 heterocycles. The molecule has 1 atom stereocenters. The van der Waals surface area contributed by atoms with Crippen molar-refractivity contribution >= 4 is 11.8 Å². The summed E-state index contributed by atoms with van der Waals surface area (Å²) in [6.45, 7) is 1.81. The van der Waals surface area contributed by atoms with Crippen LogP contribution in [0.25, 0.3) is 0 Å². The predicted octanol–water partition coefficient (Wildman–Crippen LogP) is 1.18. The fraction of sp³-hybridized carbons (Fsp3) is 0.308. The lowest BCUT2D eigenvalue weighted by molar-refractivity contribution is 0.0475. The summed E-state index contributed by atoms with van der Waals surface area (Å²) in [6, 6.07) is 6.46.